The molecule has 0 atom stereocenters. The van der Waals surface area contributed by atoms with Crippen LogP contribution in [0.5, 0.6) is 23.0 Å². The molecule has 13 heteroatoms. The van der Waals surface area contributed by atoms with Gasteiger partial charge in [-0.15, -0.1) is 0 Å². The lowest BCUT2D eigenvalue weighted by Crippen LogP contribution is -2.35. The van der Waals surface area contributed by atoms with Gasteiger partial charge in [-0.2, -0.15) is 13.2 Å². The average Bonchev–Trinajstić information content (AvgIpc) is 3.03. The number of piperidine rings is 1. The van der Waals surface area contributed by atoms with Crippen molar-refractivity contribution in [2.45, 2.75) is 25.6 Å². The third-order valence-corrected chi connectivity index (χ3v) is 7.30. The predicted octanol–water partition coefficient (Wildman–Crippen LogP) is 5.83. The number of amides is 2. The summed E-state index contributed by atoms with van der Waals surface area (Å²) >= 11 is 0. The Morgan fingerprint density at radius 3 is 2.47 bits per heavy atom. The van der Waals surface area contributed by atoms with Crippen LogP contribution in [0.2, 0.25) is 0 Å². The fraction of sp³-hybridized carbons (Fsp3) is 0.281. The Morgan fingerprint density at radius 1 is 0.956 bits per heavy atom. The van der Waals surface area contributed by atoms with Gasteiger partial charge in [0, 0.05) is 35.9 Å². The quantitative estimate of drug-likeness (QED) is 0.159. The van der Waals surface area contributed by atoms with Crippen LogP contribution in [0, 0.1) is 11.7 Å². The van der Waals surface area contributed by atoms with Gasteiger partial charge in [-0.25, -0.2) is 4.39 Å². The zero-order chi connectivity index (χ0) is 32.0. The van der Waals surface area contributed by atoms with E-state index in [1.807, 2.05) is 0 Å². The third-order valence-electron chi connectivity index (χ3n) is 7.30. The molecular weight excluding hydrogens is 596 g/mol. The molecule has 0 radical (unpaired) electrons. The number of aromatic nitrogens is 1. The van der Waals surface area contributed by atoms with Crippen LogP contribution >= 0.6 is 0 Å². The van der Waals surface area contributed by atoms with Gasteiger partial charge in [0.05, 0.1) is 24.8 Å². The Hall–Kier alpha value is -4.91. The first-order valence-electron chi connectivity index (χ1n) is 14.1. The highest BCUT2D eigenvalue weighted by Gasteiger charge is 2.33. The summed E-state index contributed by atoms with van der Waals surface area (Å²) < 4.78 is 72.1. The van der Waals surface area contributed by atoms with E-state index in [0.717, 1.165) is 38.1 Å². The van der Waals surface area contributed by atoms with Crippen LogP contribution in [-0.4, -0.2) is 43.6 Å². The molecule has 1 aromatic heterocycles. The van der Waals surface area contributed by atoms with Crippen molar-refractivity contribution in [3.05, 3.63) is 83.8 Å². The molecule has 2 heterocycles. The van der Waals surface area contributed by atoms with Crippen LogP contribution in [0.15, 0.2) is 66.9 Å². The number of halogens is 4. The first kappa shape index (κ1) is 31.5. The molecule has 0 spiro atoms. The van der Waals surface area contributed by atoms with Gasteiger partial charge in [-0.3, -0.25) is 14.6 Å². The van der Waals surface area contributed by atoms with Crippen molar-refractivity contribution in [1.82, 2.24) is 15.6 Å². The number of ether oxygens (including phenoxy) is 3. The van der Waals surface area contributed by atoms with Gasteiger partial charge in [0.2, 0.25) is 0 Å². The van der Waals surface area contributed by atoms with Crippen LogP contribution in [0.1, 0.15) is 24.0 Å². The molecule has 2 amide bonds. The normalized spacial score (nSPS) is 13.7. The van der Waals surface area contributed by atoms with Crippen molar-refractivity contribution >= 4 is 28.4 Å². The molecule has 9 nitrogen and oxygen atoms in total. The number of alkyl halides is 3. The van der Waals surface area contributed by atoms with E-state index < -0.39 is 35.9 Å². The van der Waals surface area contributed by atoms with Gasteiger partial charge in [0.25, 0.3) is 0 Å². The fourth-order valence-electron chi connectivity index (χ4n) is 4.92. The molecule has 4 aromatic rings. The first-order chi connectivity index (χ1) is 21.6. The van der Waals surface area contributed by atoms with Crippen molar-refractivity contribution in [2.75, 3.05) is 32.1 Å². The molecule has 0 aliphatic carbocycles. The van der Waals surface area contributed by atoms with Gasteiger partial charge in [-0.1, -0.05) is 18.2 Å². The molecule has 5 rings (SSSR count). The predicted molar refractivity (Wildman–Crippen MR) is 158 cm³/mol. The number of anilines is 1. The molecule has 1 fully saturated rings. The Balaban J connectivity index is 1.24. The van der Waals surface area contributed by atoms with Gasteiger partial charge in [-0.05, 0) is 67.7 Å². The summed E-state index contributed by atoms with van der Waals surface area (Å²) in [5, 5.41) is 8.25. The van der Waals surface area contributed by atoms with Crippen molar-refractivity contribution in [2.24, 2.45) is 5.92 Å². The van der Waals surface area contributed by atoms with E-state index >= 15 is 4.39 Å². The standard InChI is InChI=1S/C32H30F4N4O5/c1-43-28-15-22-25(16-29(28)44-18-19-8-11-37-12-9-19)38-13-10-26(22)45-27-7-6-21(14-24(27)33)40-31(42)30(41)39-17-20-4-2-3-5-23(20)32(34,35)36/h2-7,10,13-16,19,37H,8-9,11-12,17-18H2,1H3,(H,39,41)(H,40,42). The van der Waals surface area contributed by atoms with Crippen molar-refractivity contribution in [1.29, 1.82) is 0 Å². The molecule has 0 saturated carbocycles. The summed E-state index contributed by atoms with van der Waals surface area (Å²) in [4.78, 5) is 29.0. The minimum absolute atomic E-state index is 0.0625. The lowest BCUT2D eigenvalue weighted by atomic mass is 9.99. The summed E-state index contributed by atoms with van der Waals surface area (Å²) in [7, 11) is 1.52. The molecule has 0 unspecified atom stereocenters. The molecule has 3 N–H and O–H groups in total. The van der Waals surface area contributed by atoms with E-state index in [1.165, 1.54) is 43.6 Å². The van der Waals surface area contributed by atoms with Gasteiger partial charge in [0.15, 0.2) is 23.1 Å². The topological polar surface area (TPSA) is 111 Å². The zero-order valence-corrected chi connectivity index (χ0v) is 24.2. The van der Waals surface area contributed by atoms with E-state index in [2.05, 4.69) is 20.9 Å². The summed E-state index contributed by atoms with van der Waals surface area (Å²) in [6.45, 7) is 1.92. The number of fused-ring (bicyclic) bond motifs is 1. The van der Waals surface area contributed by atoms with Gasteiger partial charge in [0.1, 0.15) is 5.75 Å². The zero-order valence-electron chi connectivity index (χ0n) is 24.2. The summed E-state index contributed by atoms with van der Waals surface area (Å²) in [6, 6.07) is 13.2. The maximum absolute atomic E-state index is 15.1. The van der Waals surface area contributed by atoms with E-state index in [9.17, 15) is 22.8 Å². The molecule has 1 aliphatic heterocycles. The van der Waals surface area contributed by atoms with Crippen LogP contribution in [0.4, 0.5) is 23.2 Å². The minimum Gasteiger partial charge on any atom is -0.493 e. The van der Waals surface area contributed by atoms with E-state index in [-0.39, 0.29) is 22.7 Å². The molecule has 236 valence electrons. The summed E-state index contributed by atoms with van der Waals surface area (Å²) in [5.41, 5.74) is -0.652. The summed E-state index contributed by atoms with van der Waals surface area (Å²) in [6.07, 6.45) is -1.07. The maximum Gasteiger partial charge on any atom is 0.416 e. The Morgan fingerprint density at radius 2 is 1.73 bits per heavy atom. The number of carbonyl (C=O) groups excluding carboxylic acids is 2. The Labute approximate surface area is 255 Å². The van der Waals surface area contributed by atoms with E-state index in [0.29, 0.717) is 34.9 Å². The van der Waals surface area contributed by atoms with E-state index in [1.54, 1.807) is 18.2 Å². The van der Waals surface area contributed by atoms with Crippen LogP contribution in [0.3, 0.4) is 0 Å². The lowest BCUT2D eigenvalue weighted by molar-refractivity contribution is -0.139. The SMILES string of the molecule is COc1cc2c(Oc3ccc(NC(=O)C(=O)NCc4ccccc4C(F)(F)F)cc3F)ccnc2cc1OCC1CCNCC1. The highest BCUT2D eigenvalue weighted by molar-refractivity contribution is 6.39. The molecule has 1 aliphatic rings. The monoisotopic (exact) mass is 626 g/mol. The van der Waals surface area contributed by atoms with Crippen molar-refractivity contribution in [3.63, 3.8) is 0 Å². The lowest BCUT2D eigenvalue weighted by Gasteiger charge is -2.23. The smallest absolute Gasteiger partial charge is 0.416 e. The van der Waals surface area contributed by atoms with Gasteiger partial charge < -0.3 is 30.2 Å². The molecule has 45 heavy (non-hydrogen) atoms. The number of rotatable bonds is 9. The fourth-order valence-corrected chi connectivity index (χ4v) is 4.92. The third kappa shape index (κ3) is 7.79. The van der Waals surface area contributed by atoms with Crippen LogP contribution in [0.25, 0.3) is 10.9 Å². The summed E-state index contributed by atoms with van der Waals surface area (Å²) in [5.74, 6) is -1.66. The Bertz CT molecular complexity index is 1690. The number of methoxy groups -OCH3 is 1. The molecule has 0 bridgehead atoms. The Kier molecular flexibility index (Phi) is 9.67. The maximum atomic E-state index is 15.1. The number of benzene rings is 3. The molecular formula is C32H30F4N4O5. The number of nitrogens with zero attached hydrogens (tertiary/aromatic N) is 1. The highest BCUT2D eigenvalue weighted by atomic mass is 19.4. The number of nitrogens with one attached hydrogen (secondary N) is 3. The largest absolute Gasteiger partial charge is 0.493 e. The second-order valence-corrected chi connectivity index (χ2v) is 10.4. The first-order valence-corrected chi connectivity index (χ1v) is 14.1. The van der Waals surface area contributed by atoms with Crippen LogP contribution < -0.4 is 30.2 Å². The average molecular weight is 627 g/mol. The highest BCUT2D eigenvalue weighted by Crippen LogP contribution is 2.38. The second kappa shape index (κ2) is 13.8. The number of hydrogen-bond acceptors (Lipinski definition) is 7. The van der Waals surface area contributed by atoms with Crippen molar-refractivity contribution in [3.8, 4) is 23.0 Å². The second-order valence-electron chi connectivity index (χ2n) is 10.4. The number of hydrogen-bond donors (Lipinski definition) is 3. The van der Waals surface area contributed by atoms with E-state index in [4.69, 9.17) is 14.2 Å². The van der Waals surface area contributed by atoms with Gasteiger partial charge >= 0.3 is 18.0 Å². The molecule has 1 saturated heterocycles. The number of pyridine rings is 1. The van der Waals surface area contributed by atoms with Crippen LogP contribution in [-0.2, 0) is 22.3 Å². The molecule has 3 aromatic carbocycles. The number of carbonyl (C=O) groups is 2. The van der Waals surface area contributed by atoms with Crippen molar-refractivity contribution < 1.29 is 41.4 Å². The minimum atomic E-state index is -4.62.